The van der Waals surface area contributed by atoms with Gasteiger partial charge in [0.25, 0.3) is 0 Å². The molecule has 1 aliphatic heterocycles. The molecule has 0 radical (unpaired) electrons. The Labute approximate surface area is 92.3 Å². The summed E-state index contributed by atoms with van der Waals surface area (Å²) in [5, 5.41) is 3.27. The molecule has 0 amide bonds. The summed E-state index contributed by atoms with van der Waals surface area (Å²) in [5.74, 6) is 0.570. The van der Waals surface area contributed by atoms with Gasteiger partial charge in [0.2, 0.25) is 0 Å². The van der Waals surface area contributed by atoms with Crippen molar-refractivity contribution in [3.05, 3.63) is 0 Å². The molecule has 1 atom stereocenters. The fourth-order valence-electron chi connectivity index (χ4n) is 1.82. The fourth-order valence-corrected chi connectivity index (χ4v) is 3.94. The predicted molar refractivity (Wildman–Crippen MR) is 60.8 cm³/mol. The van der Waals surface area contributed by atoms with Gasteiger partial charge in [-0.15, -0.1) is 0 Å². The molecule has 1 N–H and O–H groups in total. The third kappa shape index (κ3) is 4.49. The van der Waals surface area contributed by atoms with Gasteiger partial charge in [0.1, 0.15) is 0 Å². The Kier molecular flexibility index (Phi) is 4.55. The van der Waals surface area contributed by atoms with Gasteiger partial charge < -0.3 is 10.1 Å². The summed E-state index contributed by atoms with van der Waals surface area (Å²) in [6.45, 7) is 6.20. The van der Waals surface area contributed by atoms with E-state index < -0.39 is 9.84 Å². The Balaban J connectivity index is 2.21. The molecule has 1 heterocycles. The van der Waals surface area contributed by atoms with Crippen LogP contribution in [0.5, 0.6) is 0 Å². The number of ether oxygens (including phenoxy) is 1. The van der Waals surface area contributed by atoms with E-state index in [4.69, 9.17) is 4.74 Å². The summed E-state index contributed by atoms with van der Waals surface area (Å²) < 4.78 is 27.9. The normalized spacial score (nSPS) is 29.5. The van der Waals surface area contributed by atoms with Crippen LogP contribution in [0.2, 0.25) is 0 Å². The van der Waals surface area contributed by atoms with Crippen molar-refractivity contribution < 1.29 is 13.2 Å². The zero-order valence-electron chi connectivity index (χ0n) is 9.58. The molecule has 0 saturated carbocycles. The second kappa shape index (κ2) is 5.27. The van der Waals surface area contributed by atoms with E-state index in [-0.39, 0.29) is 11.3 Å². The Morgan fingerprint density at radius 3 is 2.67 bits per heavy atom. The summed E-state index contributed by atoms with van der Waals surface area (Å²) in [4.78, 5) is 0. The molecule has 1 fully saturated rings. The highest BCUT2D eigenvalue weighted by Crippen LogP contribution is 2.22. The number of sulfone groups is 1. The molecule has 90 valence electrons. The minimum atomic E-state index is -2.80. The first kappa shape index (κ1) is 12.9. The van der Waals surface area contributed by atoms with Crippen LogP contribution < -0.4 is 5.32 Å². The summed E-state index contributed by atoms with van der Waals surface area (Å²) >= 11 is 0. The molecular weight excluding hydrogens is 214 g/mol. The smallest absolute Gasteiger partial charge is 0.152 e. The molecule has 0 bridgehead atoms. The first-order valence-corrected chi connectivity index (χ1v) is 7.33. The Morgan fingerprint density at radius 1 is 1.40 bits per heavy atom. The van der Waals surface area contributed by atoms with Gasteiger partial charge in [-0.1, -0.05) is 6.92 Å². The van der Waals surface area contributed by atoms with Crippen molar-refractivity contribution in [2.24, 2.45) is 0 Å². The lowest BCUT2D eigenvalue weighted by molar-refractivity contribution is 0.131. The molecule has 15 heavy (non-hydrogen) atoms. The van der Waals surface area contributed by atoms with E-state index in [2.05, 4.69) is 12.2 Å². The van der Waals surface area contributed by atoms with Crippen LogP contribution in [-0.2, 0) is 14.6 Å². The number of hydrogen-bond donors (Lipinski definition) is 1. The minimum Gasteiger partial charge on any atom is -0.380 e. The minimum absolute atomic E-state index is 0.242. The van der Waals surface area contributed by atoms with Crippen LogP contribution >= 0.6 is 0 Å². The Morgan fingerprint density at radius 2 is 2.13 bits per heavy atom. The lowest BCUT2D eigenvalue weighted by atomic mass is 10.0. The van der Waals surface area contributed by atoms with E-state index >= 15 is 0 Å². The largest absolute Gasteiger partial charge is 0.380 e. The zero-order chi connectivity index (χ0) is 11.4. The van der Waals surface area contributed by atoms with Crippen molar-refractivity contribution >= 4 is 9.84 Å². The third-order valence-corrected chi connectivity index (χ3v) is 4.55. The van der Waals surface area contributed by atoms with Gasteiger partial charge in [-0.25, -0.2) is 8.42 Å². The van der Waals surface area contributed by atoms with Crippen LogP contribution in [0.3, 0.4) is 0 Å². The SMILES string of the molecule is CCCOCCNC1(C)CCS(=O)(=O)C1. The molecule has 1 rings (SSSR count). The molecule has 1 unspecified atom stereocenters. The topological polar surface area (TPSA) is 55.4 Å². The molecule has 4 nitrogen and oxygen atoms in total. The summed E-state index contributed by atoms with van der Waals surface area (Å²) in [6.07, 6.45) is 1.73. The summed E-state index contributed by atoms with van der Waals surface area (Å²) in [5.41, 5.74) is -0.242. The van der Waals surface area contributed by atoms with Gasteiger partial charge in [0.15, 0.2) is 9.84 Å². The van der Waals surface area contributed by atoms with Crippen LogP contribution in [-0.4, -0.2) is 45.2 Å². The Bertz CT molecular complexity index is 289. The maximum atomic E-state index is 11.3. The second-order valence-electron chi connectivity index (χ2n) is 4.44. The van der Waals surface area contributed by atoms with Gasteiger partial charge in [-0.2, -0.15) is 0 Å². The third-order valence-electron chi connectivity index (χ3n) is 2.65. The molecule has 1 aliphatic rings. The summed E-state index contributed by atoms with van der Waals surface area (Å²) in [7, 11) is -2.80. The van der Waals surface area contributed by atoms with Crippen molar-refractivity contribution in [2.75, 3.05) is 31.3 Å². The van der Waals surface area contributed by atoms with E-state index in [0.717, 1.165) is 19.6 Å². The highest BCUT2D eigenvalue weighted by atomic mass is 32.2. The van der Waals surface area contributed by atoms with Crippen LogP contribution in [0.1, 0.15) is 26.7 Å². The molecule has 0 aromatic rings. The lowest BCUT2D eigenvalue weighted by Gasteiger charge is -2.23. The van der Waals surface area contributed by atoms with Gasteiger partial charge in [-0.3, -0.25) is 0 Å². The van der Waals surface area contributed by atoms with Gasteiger partial charge in [-0.05, 0) is 19.8 Å². The van der Waals surface area contributed by atoms with Crippen LogP contribution in [0.15, 0.2) is 0 Å². The van der Waals surface area contributed by atoms with E-state index in [1.165, 1.54) is 0 Å². The highest BCUT2D eigenvalue weighted by Gasteiger charge is 2.37. The van der Waals surface area contributed by atoms with Crippen LogP contribution in [0.25, 0.3) is 0 Å². The van der Waals surface area contributed by atoms with Crippen molar-refractivity contribution in [3.63, 3.8) is 0 Å². The fraction of sp³-hybridized carbons (Fsp3) is 1.00. The molecule has 0 aliphatic carbocycles. The quantitative estimate of drug-likeness (QED) is 0.684. The lowest BCUT2D eigenvalue weighted by Crippen LogP contribution is -2.44. The first-order valence-electron chi connectivity index (χ1n) is 5.51. The monoisotopic (exact) mass is 235 g/mol. The first-order chi connectivity index (χ1) is 6.97. The highest BCUT2D eigenvalue weighted by molar-refractivity contribution is 7.91. The zero-order valence-corrected chi connectivity index (χ0v) is 10.4. The molecular formula is C10H21NO3S. The van der Waals surface area contributed by atoms with Crippen molar-refractivity contribution in [1.82, 2.24) is 5.32 Å². The number of hydrogen-bond acceptors (Lipinski definition) is 4. The maximum Gasteiger partial charge on any atom is 0.152 e. The average Bonchev–Trinajstić information content (AvgIpc) is 2.41. The van der Waals surface area contributed by atoms with Gasteiger partial charge in [0.05, 0.1) is 18.1 Å². The maximum absolute atomic E-state index is 11.3. The van der Waals surface area contributed by atoms with E-state index in [0.29, 0.717) is 18.8 Å². The molecule has 0 spiro atoms. The second-order valence-corrected chi connectivity index (χ2v) is 6.63. The van der Waals surface area contributed by atoms with Crippen LogP contribution in [0.4, 0.5) is 0 Å². The van der Waals surface area contributed by atoms with Gasteiger partial charge in [0, 0.05) is 18.7 Å². The molecule has 1 saturated heterocycles. The molecule has 5 heteroatoms. The van der Waals surface area contributed by atoms with E-state index in [9.17, 15) is 8.42 Å². The number of nitrogens with one attached hydrogen (secondary N) is 1. The predicted octanol–water partition coefficient (Wildman–Crippen LogP) is 0.580. The molecule has 0 aromatic carbocycles. The Hall–Kier alpha value is -0.130. The van der Waals surface area contributed by atoms with Crippen molar-refractivity contribution in [1.29, 1.82) is 0 Å². The van der Waals surface area contributed by atoms with Crippen molar-refractivity contribution in [2.45, 2.75) is 32.2 Å². The van der Waals surface area contributed by atoms with Crippen molar-refractivity contribution in [3.8, 4) is 0 Å². The number of rotatable bonds is 6. The summed E-state index contributed by atoms with van der Waals surface area (Å²) in [6, 6.07) is 0. The van der Waals surface area contributed by atoms with E-state index in [1.807, 2.05) is 6.92 Å². The average molecular weight is 235 g/mol. The standard InChI is InChI=1S/C10H21NO3S/c1-3-6-14-7-5-11-10(2)4-8-15(12,13)9-10/h11H,3-9H2,1-2H3. The van der Waals surface area contributed by atoms with Crippen LogP contribution in [0, 0.1) is 0 Å². The van der Waals surface area contributed by atoms with Gasteiger partial charge >= 0.3 is 0 Å². The molecule has 0 aromatic heterocycles. The van der Waals surface area contributed by atoms with E-state index in [1.54, 1.807) is 0 Å².